The number of phenolic OH excluding ortho intramolecular Hbond substituents is 2. The molecule has 0 aliphatic carbocycles. The molecule has 3 rings (SSSR count). The van der Waals surface area contributed by atoms with Crippen LogP contribution in [0.1, 0.15) is 0 Å². The second-order valence-corrected chi connectivity index (χ2v) is 4.31. The van der Waals surface area contributed by atoms with Gasteiger partial charge in [-0.25, -0.2) is 0 Å². The number of nitrogen functional groups attached to an aromatic ring is 2. The van der Waals surface area contributed by atoms with Crippen LogP contribution in [0.4, 0.5) is 11.4 Å². The molecule has 0 bridgehead atoms. The Hall–Kier alpha value is -2.62. The molecule has 0 aliphatic heterocycles. The number of hydrogen-bond donors (Lipinski definition) is 4. The Morgan fingerprint density at radius 2 is 1.00 bits per heavy atom. The zero-order chi connectivity index (χ0) is 12.9. The quantitative estimate of drug-likeness (QED) is 0.276. The maximum absolute atomic E-state index is 10.2. The van der Waals surface area contributed by atoms with E-state index in [0.717, 1.165) is 0 Å². The van der Waals surface area contributed by atoms with E-state index in [9.17, 15) is 10.2 Å². The Balaban J connectivity index is 2.60. The minimum Gasteiger partial charge on any atom is -0.507 e. The molecule has 4 nitrogen and oxygen atoms in total. The Labute approximate surface area is 103 Å². The van der Waals surface area contributed by atoms with Crippen molar-refractivity contribution in [1.29, 1.82) is 0 Å². The Kier molecular flexibility index (Phi) is 2.01. The Morgan fingerprint density at radius 1 is 0.611 bits per heavy atom. The Morgan fingerprint density at radius 3 is 1.39 bits per heavy atom. The van der Waals surface area contributed by atoms with Crippen LogP contribution in [0.5, 0.6) is 11.5 Å². The number of benzene rings is 3. The van der Waals surface area contributed by atoms with Crippen molar-refractivity contribution in [2.75, 3.05) is 11.5 Å². The molecule has 0 amide bonds. The minimum absolute atomic E-state index is 0.102. The molecule has 0 unspecified atom stereocenters. The maximum atomic E-state index is 10.2. The van der Waals surface area contributed by atoms with Gasteiger partial charge in [0, 0.05) is 32.9 Å². The summed E-state index contributed by atoms with van der Waals surface area (Å²) in [5.74, 6) is 0.204. The molecule has 0 saturated heterocycles. The van der Waals surface area contributed by atoms with Crippen molar-refractivity contribution in [2.24, 2.45) is 0 Å². The van der Waals surface area contributed by atoms with Crippen molar-refractivity contribution in [1.82, 2.24) is 0 Å². The van der Waals surface area contributed by atoms with E-state index >= 15 is 0 Å². The molecule has 0 spiro atoms. The van der Waals surface area contributed by atoms with E-state index in [1.54, 1.807) is 36.4 Å². The average Bonchev–Trinajstić information content (AvgIpc) is 2.36. The molecule has 90 valence electrons. The van der Waals surface area contributed by atoms with Crippen LogP contribution in [-0.4, -0.2) is 10.2 Å². The van der Waals surface area contributed by atoms with Gasteiger partial charge in [-0.2, -0.15) is 0 Å². The summed E-state index contributed by atoms with van der Waals surface area (Å²) in [4.78, 5) is 0. The summed E-state index contributed by atoms with van der Waals surface area (Å²) in [5.41, 5.74) is 12.5. The number of hydrogen-bond acceptors (Lipinski definition) is 4. The van der Waals surface area contributed by atoms with Crippen LogP contribution in [0.3, 0.4) is 0 Å². The summed E-state index contributed by atoms with van der Waals surface area (Å²) >= 11 is 0. The SMILES string of the molecule is Nc1ccc2c(O)c3cc(N)ccc3c(O)c2c1. The lowest BCUT2D eigenvalue weighted by Gasteiger charge is -2.10. The monoisotopic (exact) mass is 240 g/mol. The van der Waals surface area contributed by atoms with Gasteiger partial charge < -0.3 is 21.7 Å². The van der Waals surface area contributed by atoms with E-state index < -0.39 is 0 Å². The van der Waals surface area contributed by atoms with Crippen LogP contribution in [0.2, 0.25) is 0 Å². The number of aromatic hydroxyl groups is 2. The van der Waals surface area contributed by atoms with Crippen LogP contribution >= 0.6 is 0 Å². The van der Waals surface area contributed by atoms with E-state index in [-0.39, 0.29) is 11.5 Å². The van der Waals surface area contributed by atoms with Gasteiger partial charge in [0.05, 0.1) is 0 Å². The molecule has 0 radical (unpaired) electrons. The molecule has 0 aromatic heterocycles. The fraction of sp³-hybridized carbons (Fsp3) is 0. The minimum atomic E-state index is 0.102. The molecule has 0 fully saturated rings. The smallest absolute Gasteiger partial charge is 0.131 e. The van der Waals surface area contributed by atoms with Crippen molar-refractivity contribution in [3.63, 3.8) is 0 Å². The topological polar surface area (TPSA) is 92.5 Å². The van der Waals surface area contributed by atoms with Crippen LogP contribution in [0, 0.1) is 0 Å². The number of anilines is 2. The molecule has 4 heteroatoms. The number of fused-ring (bicyclic) bond motifs is 2. The summed E-state index contributed by atoms with van der Waals surface area (Å²) in [5, 5.41) is 22.7. The first kappa shape index (κ1) is 10.5. The van der Waals surface area contributed by atoms with Gasteiger partial charge in [0.1, 0.15) is 11.5 Å². The number of rotatable bonds is 0. The van der Waals surface area contributed by atoms with Crippen LogP contribution in [-0.2, 0) is 0 Å². The molecule has 0 atom stereocenters. The summed E-state index contributed by atoms with van der Waals surface area (Å²) in [7, 11) is 0. The van der Waals surface area contributed by atoms with E-state index in [2.05, 4.69) is 0 Å². The summed E-state index contributed by atoms with van der Waals surface area (Å²) in [6.07, 6.45) is 0. The molecule has 3 aromatic carbocycles. The largest absolute Gasteiger partial charge is 0.507 e. The average molecular weight is 240 g/mol. The van der Waals surface area contributed by atoms with E-state index in [1.165, 1.54) is 0 Å². The third-order valence-electron chi connectivity index (χ3n) is 3.11. The van der Waals surface area contributed by atoms with Gasteiger partial charge >= 0.3 is 0 Å². The lowest BCUT2D eigenvalue weighted by Crippen LogP contribution is -1.88. The van der Waals surface area contributed by atoms with Crippen molar-refractivity contribution >= 4 is 32.9 Å². The first-order valence-electron chi connectivity index (χ1n) is 5.50. The van der Waals surface area contributed by atoms with Crippen LogP contribution < -0.4 is 11.5 Å². The fourth-order valence-corrected chi connectivity index (χ4v) is 2.22. The number of phenols is 2. The zero-order valence-electron chi connectivity index (χ0n) is 9.51. The Bertz CT molecular complexity index is 714. The predicted octanol–water partition coefficient (Wildman–Crippen LogP) is 2.57. The fourth-order valence-electron chi connectivity index (χ4n) is 2.22. The van der Waals surface area contributed by atoms with Gasteiger partial charge in [0.25, 0.3) is 0 Å². The van der Waals surface area contributed by atoms with Gasteiger partial charge in [-0.3, -0.25) is 0 Å². The van der Waals surface area contributed by atoms with Crippen LogP contribution in [0.15, 0.2) is 36.4 Å². The highest BCUT2D eigenvalue weighted by molar-refractivity contribution is 6.11. The summed E-state index contributed by atoms with van der Waals surface area (Å²) < 4.78 is 0. The van der Waals surface area contributed by atoms with Gasteiger partial charge in [-0.15, -0.1) is 0 Å². The molecule has 0 heterocycles. The standard InChI is InChI=1S/C14H12N2O2/c15-7-1-3-9-11(5-7)14(18)10-4-2-8(16)6-12(10)13(9)17/h1-6,17-18H,15-16H2. The van der Waals surface area contributed by atoms with E-state index in [4.69, 9.17) is 11.5 Å². The first-order chi connectivity index (χ1) is 8.58. The second kappa shape index (κ2) is 3.43. The second-order valence-electron chi connectivity index (χ2n) is 4.31. The van der Waals surface area contributed by atoms with Crippen molar-refractivity contribution in [2.45, 2.75) is 0 Å². The highest BCUT2D eigenvalue weighted by atomic mass is 16.3. The zero-order valence-corrected chi connectivity index (χ0v) is 9.51. The van der Waals surface area contributed by atoms with Gasteiger partial charge in [0.2, 0.25) is 0 Å². The molecule has 0 saturated carbocycles. The summed E-state index contributed by atoms with van der Waals surface area (Å²) in [6.45, 7) is 0. The van der Waals surface area contributed by atoms with Crippen molar-refractivity contribution in [3.8, 4) is 11.5 Å². The molecule has 0 aliphatic rings. The molecule has 3 aromatic rings. The number of nitrogens with two attached hydrogens (primary N) is 2. The van der Waals surface area contributed by atoms with Crippen LogP contribution in [0.25, 0.3) is 21.5 Å². The van der Waals surface area contributed by atoms with Crippen molar-refractivity contribution in [3.05, 3.63) is 36.4 Å². The molecule has 6 N–H and O–H groups in total. The lowest BCUT2D eigenvalue weighted by atomic mass is 10.00. The highest BCUT2D eigenvalue weighted by Crippen LogP contribution is 2.42. The van der Waals surface area contributed by atoms with E-state index in [0.29, 0.717) is 32.9 Å². The first-order valence-corrected chi connectivity index (χ1v) is 5.50. The third kappa shape index (κ3) is 1.32. The van der Waals surface area contributed by atoms with Gasteiger partial charge in [-0.1, -0.05) is 0 Å². The highest BCUT2D eigenvalue weighted by Gasteiger charge is 2.12. The third-order valence-corrected chi connectivity index (χ3v) is 3.11. The van der Waals surface area contributed by atoms with E-state index in [1.807, 2.05) is 0 Å². The van der Waals surface area contributed by atoms with Gasteiger partial charge in [0.15, 0.2) is 0 Å². The normalized spacial score (nSPS) is 11.1. The predicted molar refractivity (Wildman–Crippen MR) is 73.6 cm³/mol. The maximum Gasteiger partial charge on any atom is 0.131 e. The van der Waals surface area contributed by atoms with Gasteiger partial charge in [-0.05, 0) is 36.4 Å². The molecular formula is C14H12N2O2. The molecule has 18 heavy (non-hydrogen) atoms. The van der Waals surface area contributed by atoms with Crippen molar-refractivity contribution < 1.29 is 10.2 Å². The lowest BCUT2D eigenvalue weighted by molar-refractivity contribution is 0.478. The summed E-state index contributed by atoms with van der Waals surface area (Å²) in [6, 6.07) is 10.0. The molecular weight excluding hydrogens is 228 g/mol.